The summed E-state index contributed by atoms with van der Waals surface area (Å²) < 4.78 is 5.61. The Morgan fingerprint density at radius 2 is 1.95 bits per heavy atom. The largest absolute Gasteiger partial charge is 0.494 e. The van der Waals surface area contributed by atoms with E-state index in [4.69, 9.17) is 10.5 Å². The molecule has 0 fully saturated rings. The molecule has 0 bridgehead atoms. The Morgan fingerprint density at radius 3 is 2.37 bits per heavy atom. The van der Waals surface area contributed by atoms with Crippen LogP contribution in [0.5, 0.6) is 5.75 Å². The monoisotopic (exact) mass is 264 g/mol. The molecule has 0 aliphatic carbocycles. The highest BCUT2D eigenvalue weighted by Crippen LogP contribution is 2.31. The second kappa shape index (κ2) is 7.51. The molecular weight excluding hydrogens is 236 g/mol. The molecule has 2 atom stereocenters. The zero-order valence-corrected chi connectivity index (χ0v) is 12.9. The predicted molar refractivity (Wildman–Crippen MR) is 81.6 cm³/mol. The number of nitrogens with two attached hydrogens (primary N) is 1. The van der Waals surface area contributed by atoms with E-state index < -0.39 is 0 Å². The number of rotatable bonds is 7. The van der Waals surface area contributed by atoms with Crippen molar-refractivity contribution in [2.75, 3.05) is 27.2 Å². The van der Waals surface area contributed by atoms with E-state index in [1.807, 2.05) is 6.92 Å². The third-order valence-corrected chi connectivity index (χ3v) is 3.67. The number of ether oxygens (including phenoxy) is 1. The van der Waals surface area contributed by atoms with Gasteiger partial charge in [-0.05, 0) is 57.6 Å². The van der Waals surface area contributed by atoms with Crippen molar-refractivity contribution in [1.82, 2.24) is 4.90 Å². The predicted octanol–water partition coefficient (Wildman–Crippen LogP) is 2.98. The zero-order chi connectivity index (χ0) is 14.4. The number of benzene rings is 1. The van der Waals surface area contributed by atoms with Crippen molar-refractivity contribution in [3.05, 3.63) is 29.3 Å². The first kappa shape index (κ1) is 16.0. The van der Waals surface area contributed by atoms with Gasteiger partial charge in [-0.1, -0.05) is 25.5 Å². The van der Waals surface area contributed by atoms with Gasteiger partial charge in [0.15, 0.2) is 0 Å². The maximum Gasteiger partial charge on any atom is 0.122 e. The third-order valence-electron chi connectivity index (χ3n) is 3.67. The van der Waals surface area contributed by atoms with Gasteiger partial charge in [0.25, 0.3) is 0 Å². The third kappa shape index (κ3) is 3.95. The standard InChI is InChI=1S/C16H28N2O/c1-6-13(11-17)16(18(4)5)14-8-9-15(19-7-2)12(3)10-14/h8-10,13,16H,6-7,11,17H2,1-5H3. The second-order valence-corrected chi connectivity index (χ2v) is 5.27. The summed E-state index contributed by atoms with van der Waals surface area (Å²) in [6.45, 7) is 7.74. The summed E-state index contributed by atoms with van der Waals surface area (Å²) in [5.41, 5.74) is 8.44. The van der Waals surface area contributed by atoms with E-state index in [1.54, 1.807) is 0 Å². The van der Waals surface area contributed by atoms with E-state index in [2.05, 4.69) is 51.0 Å². The van der Waals surface area contributed by atoms with E-state index >= 15 is 0 Å². The summed E-state index contributed by atoms with van der Waals surface area (Å²) in [4.78, 5) is 2.26. The summed E-state index contributed by atoms with van der Waals surface area (Å²) in [6, 6.07) is 6.84. The molecule has 0 aliphatic rings. The quantitative estimate of drug-likeness (QED) is 0.823. The van der Waals surface area contributed by atoms with Crippen LogP contribution in [0.1, 0.15) is 37.4 Å². The van der Waals surface area contributed by atoms with Crippen LogP contribution in [0.25, 0.3) is 0 Å². The molecule has 3 nitrogen and oxygen atoms in total. The van der Waals surface area contributed by atoms with Crippen molar-refractivity contribution in [3.63, 3.8) is 0 Å². The van der Waals surface area contributed by atoms with Gasteiger partial charge in [0.05, 0.1) is 6.61 Å². The minimum absolute atomic E-state index is 0.365. The highest BCUT2D eigenvalue weighted by molar-refractivity contribution is 5.37. The van der Waals surface area contributed by atoms with Crippen LogP contribution in [0.3, 0.4) is 0 Å². The van der Waals surface area contributed by atoms with Crippen molar-refractivity contribution in [2.45, 2.75) is 33.2 Å². The average Bonchev–Trinajstić information content (AvgIpc) is 2.38. The number of hydrogen-bond donors (Lipinski definition) is 1. The number of aryl methyl sites for hydroxylation is 1. The molecule has 0 amide bonds. The second-order valence-electron chi connectivity index (χ2n) is 5.27. The Morgan fingerprint density at radius 1 is 1.26 bits per heavy atom. The summed E-state index contributed by atoms with van der Waals surface area (Å²) in [7, 11) is 4.24. The Hall–Kier alpha value is -1.06. The fraction of sp³-hybridized carbons (Fsp3) is 0.625. The minimum Gasteiger partial charge on any atom is -0.494 e. The molecule has 1 rings (SSSR count). The molecule has 2 N–H and O–H groups in total. The van der Waals surface area contributed by atoms with Crippen LogP contribution in [-0.4, -0.2) is 32.1 Å². The van der Waals surface area contributed by atoms with Gasteiger partial charge in [-0.15, -0.1) is 0 Å². The normalized spacial score (nSPS) is 14.5. The zero-order valence-electron chi connectivity index (χ0n) is 12.9. The fourth-order valence-corrected chi connectivity index (χ4v) is 2.68. The lowest BCUT2D eigenvalue weighted by molar-refractivity contribution is 0.210. The van der Waals surface area contributed by atoms with Gasteiger partial charge < -0.3 is 15.4 Å². The van der Waals surface area contributed by atoms with E-state index in [-0.39, 0.29) is 0 Å². The Balaban J connectivity index is 3.06. The lowest BCUT2D eigenvalue weighted by atomic mass is 9.89. The Bertz CT molecular complexity index is 386. The van der Waals surface area contributed by atoms with Gasteiger partial charge in [-0.3, -0.25) is 0 Å². The maximum atomic E-state index is 5.92. The molecule has 0 saturated carbocycles. The fourth-order valence-electron chi connectivity index (χ4n) is 2.68. The van der Waals surface area contributed by atoms with Crippen LogP contribution < -0.4 is 10.5 Å². The average molecular weight is 264 g/mol. The molecule has 19 heavy (non-hydrogen) atoms. The molecule has 2 unspecified atom stereocenters. The van der Waals surface area contributed by atoms with Crippen LogP contribution in [-0.2, 0) is 0 Å². The summed E-state index contributed by atoms with van der Waals surface area (Å²) >= 11 is 0. The van der Waals surface area contributed by atoms with Gasteiger partial charge in [0.2, 0.25) is 0 Å². The molecule has 0 saturated heterocycles. The van der Waals surface area contributed by atoms with Crippen molar-refractivity contribution in [1.29, 1.82) is 0 Å². The molecule has 0 radical (unpaired) electrons. The van der Waals surface area contributed by atoms with E-state index in [0.29, 0.717) is 25.1 Å². The van der Waals surface area contributed by atoms with Crippen LogP contribution >= 0.6 is 0 Å². The molecule has 3 heteroatoms. The molecule has 1 aromatic rings. The minimum atomic E-state index is 0.365. The molecule has 0 heterocycles. The molecular formula is C16H28N2O. The van der Waals surface area contributed by atoms with Gasteiger partial charge >= 0.3 is 0 Å². The molecule has 0 spiro atoms. The first-order chi connectivity index (χ1) is 9.04. The summed E-state index contributed by atoms with van der Waals surface area (Å²) in [5.74, 6) is 1.46. The molecule has 0 aromatic heterocycles. The SMILES string of the molecule is CCOc1ccc(C(C(CC)CN)N(C)C)cc1C. The van der Waals surface area contributed by atoms with Crippen molar-refractivity contribution >= 4 is 0 Å². The first-order valence-electron chi connectivity index (χ1n) is 7.14. The summed E-state index contributed by atoms with van der Waals surface area (Å²) in [5, 5.41) is 0. The Labute approximate surface area is 117 Å². The lowest BCUT2D eigenvalue weighted by Crippen LogP contribution is -2.31. The van der Waals surface area contributed by atoms with Crippen LogP contribution in [0.4, 0.5) is 0 Å². The smallest absolute Gasteiger partial charge is 0.122 e. The van der Waals surface area contributed by atoms with Crippen LogP contribution in [0.2, 0.25) is 0 Å². The summed E-state index contributed by atoms with van der Waals surface area (Å²) in [6.07, 6.45) is 1.09. The van der Waals surface area contributed by atoms with Crippen molar-refractivity contribution in [3.8, 4) is 5.75 Å². The molecule has 108 valence electrons. The Kier molecular flexibility index (Phi) is 6.32. The van der Waals surface area contributed by atoms with Gasteiger partial charge in [0.1, 0.15) is 5.75 Å². The van der Waals surface area contributed by atoms with Crippen molar-refractivity contribution < 1.29 is 4.74 Å². The lowest BCUT2D eigenvalue weighted by Gasteiger charge is -2.32. The first-order valence-corrected chi connectivity index (χ1v) is 7.14. The number of nitrogens with zero attached hydrogens (tertiary/aromatic N) is 1. The maximum absolute atomic E-state index is 5.92. The highest BCUT2D eigenvalue weighted by atomic mass is 16.5. The van der Waals surface area contributed by atoms with Gasteiger partial charge in [0, 0.05) is 6.04 Å². The topological polar surface area (TPSA) is 38.5 Å². The van der Waals surface area contributed by atoms with E-state index in [1.165, 1.54) is 11.1 Å². The van der Waals surface area contributed by atoms with Gasteiger partial charge in [-0.2, -0.15) is 0 Å². The number of hydrogen-bond acceptors (Lipinski definition) is 3. The van der Waals surface area contributed by atoms with E-state index in [0.717, 1.165) is 12.2 Å². The van der Waals surface area contributed by atoms with Gasteiger partial charge in [-0.25, -0.2) is 0 Å². The molecule has 0 aliphatic heterocycles. The molecule has 1 aromatic carbocycles. The van der Waals surface area contributed by atoms with Crippen LogP contribution in [0, 0.1) is 12.8 Å². The van der Waals surface area contributed by atoms with E-state index in [9.17, 15) is 0 Å². The highest BCUT2D eigenvalue weighted by Gasteiger charge is 2.23. The van der Waals surface area contributed by atoms with Crippen LogP contribution in [0.15, 0.2) is 18.2 Å². The van der Waals surface area contributed by atoms with Crippen molar-refractivity contribution in [2.24, 2.45) is 11.7 Å².